The van der Waals surface area contributed by atoms with Crippen LogP contribution in [0.5, 0.6) is 0 Å². The topological polar surface area (TPSA) is 63.6 Å². The molecule has 0 unspecified atom stereocenters. The first kappa shape index (κ1) is 14.5. The monoisotopic (exact) mass is 336 g/mol. The third-order valence-corrected chi connectivity index (χ3v) is 5.22. The van der Waals surface area contributed by atoms with Crippen molar-refractivity contribution in [2.75, 3.05) is 0 Å². The predicted molar refractivity (Wildman–Crippen MR) is 53.8 cm³/mol. The molecule has 0 saturated carbocycles. The molecule has 0 radical (unpaired) electrons. The van der Waals surface area contributed by atoms with E-state index in [4.69, 9.17) is 5.11 Å². The van der Waals surface area contributed by atoms with Crippen LogP contribution >= 0.6 is 0 Å². The van der Waals surface area contributed by atoms with Crippen LogP contribution in [0.1, 0.15) is 5.56 Å². The van der Waals surface area contributed by atoms with Crippen molar-refractivity contribution in [3.05, 3.63) is 29.8 Å². The van der Waals surface area contributed by atoms with Gasteiger partial charge < -0.3 is 0 Å². The molecule has 4 nitrogen and oxygen atoms in total. The van der Waals surface area contributed by atoms with E-state index in [1.54, 1.807) is 6.07 Å². The number of halogens is 3. The average Bonchev–Trinajstić information content (AvgIpc) is 2.25. The zero-order chi connectivity index (χ0) is 13.1. The normalized spacial score (nSPS) is 12.7. The molecule has 0 spiro atoms. The molecule has 96 valence electrons. The van der Waals surface area contributed by atoms with Crippen molar-refractivity contribution in [3.8, 4) is 0 Å². The van der Waals surface area contributed by atoms with E-state index < -0.39 is 37.5 Å². The van der Waals surface area contributed by atoms with Crippen LogP contribution in [0.25, 0.3) is 0 Å². The van der Waals surface area contributed by atoms with Gasteiger partial charge in [-0.3, -0.25) is 0 Å². The van der Waals surface area contributed by atoms with Gasteiger partial charge in [-0.05, 0) is 0 Å². The molecule has 1 N–H and O–H groups in total. The minimum atomic E-state index is -5.57. The number of hydrogen-bond acceptors (Lipinski definition) is 4. The summed E-state index contributed by atoms with van der Waals surface area (Å²) in [4.78, 5) is 0. The fourth-order valence-electron chi connectivity index (χ4n) is 0.836. The number of aliphatic hydroxyl groups is 1. The molecule has 0 saturated heterocycles. The number of hydrogen-bond donors (Lipinski definition) is 1. The van der Waals surface area contributed by atoms with Crippen LogP contribution in [-0.4, -0.2) is 34.3 Å². The van der Waals surface area contributed by atoms with E-state index in [0.717, 1.165) is 0 Å². The summed E-state index contributed by atoms with van der Waals surface area (Å²) in [5, 5.41) is 8.89. The second kappa shape index (κ2) is 5.36. The van der Waals surface area contributed by atoms with E-state index in [0.29, 0.717) is 5.56 Å². The first-order chi connectivity index (χ1) is 7.78. The SMILES string of the molecule is O=S(=O)(O[Se]c1ccccc1CO)C(F)(F)F. The molecule has 0 bridgehead atoms. The summed E-state index contributed by atoms with van der Waals surface area (Å²) in [5.41, 5.74) is -5.09. The summed E-state index contributed by atoms with van der Waals surface area (Å²) in [5.74, 6) is 0. The van der Waals surface area contributed by atoms with Crippen molar-refractivity contribution in [3.63, 3.8) is 0 Å². The van der Waals surface area contributed by atoms with Crippen molar-refractivity contribution >= 4 is 29.9 Å². The van der Waals surface area contributed by atoms with Gasteiger partial charge in [-0.25, -0.2) is 0 Å². The zero-order valence-electron chi connectivity index (χ0n) is 8.14. The van der Waals surface area contributed by atoms with Crippen molar-refractivity contribution in [1.29, 1.82) is 0 Å². The fraction of sp³-hybridized carbons (Fsp3) is 0.250. The molecule has 0 heterocycles. The second-order valence-electron chi connectivity index (χ2n) is 2.82. The standard InChI is InChI=1S/C8H7F3O4SSe/c9-8(10,11)16(13,14)15-17-7-4-2-1-3-6(7)5-12/h1-4,12H,5H2. The van der Waals surface area contributed by atoms with Gasteiger partial charge in [0.05, 0.1) is 0 Å². The van der Waals surface area contributed by atoms with Crippen molar-refractivity contribution < 1.29 is 30.0 Å². The van der Waals surface area contributed by atoms with Gasteiger partial charge in [0, 0.05) is 0 Å². The molecule has 1 aromatic carbocycles. The Balaban J connectivity index is 2.82. The Morgan fingerprint density at radius 1 is 1.29 bits per heavy atom. The van der Waals surface area contributed by atoms with E-state index in [1.165, 1.54) is 18.2 Å². The van der Waals surface area contributed by atoms with Crippen LogP contribution in [0.3, 0.4) is 0 Å². The van der Waals surface area contributed by atoms with E-state index in [-0.39, 0.29) is 4.46 Å². The third kappa shape index (κ3) is 3.68. The van der Waals surface area contributed by atoms with Gasteiger partial charge in [0.1, 0.15) is 0 Å². The van der Waals surface area contributed by atoms with Crippen LogP contribution in [0.15, 0.2) is 24.3 Å². The van der Waals surface area contributed by atoms with E-state index in [1.807, 2.05) is 0 Å². The molecule has 0 fully saturated rings. The summed E-state index contributed by atoms with van der Waals surface area (Å²) in [7, 11) is -5.57. The van der Waals surface area contributed by atoms with Gasteiger partial charge in [-0.1, -0.05) is 0 Å². The number of aliphatic hydroxyl groups excluding tert-OH is 1. The molecule has 9 heteroatoms. The van der Waals surface area contributed by atoms with E-state index >= 15 is 0 Å². The van der Waals surface area contributed by atoms with Crippen LogP contribution in [0.4, 0.5) is 13.2 Å². The summed E-state index contributed by atoms with van der Waals surface area (Å²) >= 11 is -1.37. The maximum absolute atomic E-state index is 12.0. The molecule has 1 aromatic rings. The van der Waals surface area contributed by atoms with Gasteiger partial charge in [-0.15, -0.1) is 0 Å². The molecule has 0 aliphatic carbocycles. The van der Waals surface area contributed by atoms with Gasteiger partial charge in [0.15, 0.2) is 0 Å². The third-order valence-electron chi connectivity index (χ3n) is 1.64. The van der Waals surface area contributed by atoms with Crippen molar-refractivity contribution in [2.24, 2.45) is 0 Å². The molecule has 0 aliphatic rings. The molecule has 0 aliphatic heterocycles. The Kier molecular flexibility index (Phi) is 4.56. The molecule has 17 heavy (non-hydrogen) atoms. The summed E-state index contributed by atoms with van der Waals surface area (Å²) < 4.78 is 61.3. The molecule has 0 amide bonds. The Labute approximate surface area is 102 Å². The van der Waals surface area contributed by atoms with Gasteiger partial charge >= 0.3 is 102 Å². The Morgan fingerprint density at radius 2 is 1.88 bits per heavy atom. The minimum absolute atomic E-state index is 0.246. The summed E-state index contributed by atoms with van der Waals surface area (Å²) in [6.45, 7) is -0.395. The Bertz CT molecular complexity index is 486. The Hall–Kier alpha value is -0.601. The average molecular weight is 335 g/mol. The van der Waals surface area contributed by atoms with E-state index in [9.17, 15) is 21.6 Å². The van der Waals surface area contributed by atoms with Gasteiger partial charge in [0.25, 0.3) is 0 Å². The van der Waals surface area contributed by atoms with Crippen LogP contribution in [0.2, 0.25) is 0 Å². The number of alkyl halides is 3. The van der Waals surface area contributed by atoms with Crippen LogP contribution in [0, 0.1) is 0 Å². The van der Waals surface area contributed by atoms with Gasteiger partial charge in [0.2, 0.25) is 0 Å². The second-order valence-corrected chi connectivity index (χ2v) is 6.45. The first-order valence-electron chi connectivity index (χ1n) is 4.14. The molecular weight excluding hydrogens is 328 g/mol. The van der Waals surface area contributed by atoms with Crippen LogP contribution in [-0.2, 0) is 20.0 Å². The molecule has 0 aromatic heterocycles. The van der Waals surface area contributed by atoms with Crippen LogP contribution < -0.4 is 4.46 Å². The van der Waals surface area contributed by atoms with E-state index in [2.05, 4.69) is 3.27 Å². The Morgan fingerprint density at radius 3 is 2.41 bits per heavy atom. The predicted octanol–water partition coefficient (Wildman–Crippen LogP) is 0.290. The summed E-state index contributed by atoms with van der Waals surface area (Å²) in [6.07, 6.45) is 0. The van der Waals surface area contributed by atoms with Gasteiger partial charge in [-0.2, -0.15) is 0 Å². The molecule has 1 rings (SSSR count). The van der Waals surface area contributed by atoms with Crippen molar-refractivity contribution in [2.45, 2.75) is 12.1 Å². The number of rotatable bonds is 4. The fourth-order valence-corrected chi connectivity index (χ4v) is 3.37. The first-order valence-corrected chi connectivity index (χ1v) is 7.10. The quantitative estimate of drug-likeness (QED) is 0.635. The maximum atomic E-state index is 12.0. The van der Waals surface area contributed by atoms with Crippen molar-refractivity contribution in [1.82, 2.24) is 0 Å². The molecular formula is C8H7F3O4SSe. The zero-order valence-corrected chi connectivity index (χ0v) is 10.7. The molecule has 0 atom stereocenters. The number of benzene rings is 1. The summed E-state index contributed by atoms with van der Waals surface area (Å²) in [6, 6.07) is 5.96.